The van der Waals surface area contributed by atoms with Crippen LogP contribution in [0.2, 0.25) is 0 Å². The molecule has 12 heteroatoms. The number of hydrogen-bond donors (Lipinski definition) is 3. The molecule has 4 aromatic rings. The molecule has 0 radical (unpaired) electrons. The number of aromatic nitrogens is 1. The van der Waals surface area contributed by atoms with Crippen LogP contribution in [0.15, 0.2) is 88.1 Å². The number of nitrogens with one attached hydrogen (secondary N) is 1. The van der Waals surface area contributed by atoms with Gasteiger partial charge in [-0.25, -0.2) is 4.79 Å². The maximum absolute atomic E-state index is 12.0. The Hall–Kier alpha value is -4.55. The number of hydrogen-bond acceptors (Lipinski definition) is 9. The molecule has 0 unspecified atom stereocenters. The van der Waals surface area contributed by atoms with E-state index >= 15 is 0 Å². The summed E-state index contributed by atoms with van der Waals surface area (Å²) in [6.07, 6.45) is 1.63. The van der Waals surface area contributed by atoms with E-state index in [2.05, 4.69) is 20.5 Å². The molecule has 214 valence electrons. The van der Waals surface area contributed by atoms with Gasteiger partial charge in [-0.3, -0.25) is 9.54 Å². The Morgan fingerprint density at radius 2 is 1.73 bits per heavy atom. The Morgan fingerprint density at radius 3 is 2.41 bits per heavy atom. The first-order chi connectivity index (χ1) is 19.4. The van der Waals surface area contributed by atoms with Crippen molar-refractivity contribution in [3.05, 3.63) is 72.9 Å². The second kappa shape index (κ2) is 12.3. The Bertz CT molecular complexity index is 1680. The van der Waals surface area contributed by atoms with Gasteiger partial charge >= 0.3 is 6.09 Å². The van der Waals surface area contributed by atoms with E-state index in [-0.39, 0.29) is 21.7 Å². The fraction of sp³-hybridized carbons (Fsp3) is 0.241. The summed E-state index contributed by atoms with van der Waals surface area (Å²) in [5, 5.41) is 11.7. The summed E-state index contributed by atoms with van der Waals surface area (Å²) in [7, 11) is -4.52. The van der Waals surface area contributed by atoms with Gasteiger partial charge in [-0.2, -0.15) is 8.42 Å². The highest BCUT2D eigenvalue weighted by atomic mass is 32.2. The normalized spacial score (nSPS) is 12.0. The third kappa shape index (κ3) is 7.77. The number of carbonyl (C=O) groups excluding carboxylic acids is 1. The maximum Gasteiger partial charge on any atom is 0.407 e. The van der Waals surface area contributed by atoms with Crippen molar-refractivity contribution in [2.24, 2.45) is 10.2 Å². The number of nitrogens with two attached hydrogens (primary N) is 1. The lowest BCUT2D eigenvalue weighted by molar-refractivity contribution is 0.0525. The molecule has 0 saturated carbocycles. The number of benzene rings is 3. The SMILES string of the molecule is CC(C)(C)OC(=O)NCCCOc1ccccc1-c1ccc(N=Nc2cc(S(=O)(=O)O)c3ccccc3c2N)cn1. The molecule has 0 bridgehead atoms. The second-order valence-corrected chi connectivity index (χ2v) is 11.4. The van der Waals surface area contributed by atoms with Crippen molar-refractivity contribution in [1.82, 2.24) is 10.3 Å². The number of carbonyl (C=O) groups is 1. The number of pyridine rings is 1. The van der Waals surface area contributed by atoms with E-state index in [0.717, 1.165) is 5.56 Å². The smallest absolute Gasteiger partial charge is 0.407 e. The van der Waals surface area contributed by atoms with Crippen LogP contribution >= 0.6 is 0 Å². The maximum atomic E-state index is 12.0. The van der Waals surface area contributed by atoms with Crippen LogP contribution in [-0.2, 0) is 14.9 Å². The molecule has 41 heavy (non-hydrogen) atoms. The summed E-state index contributed by atoms with van der Waals surface area (Å²) in [4.78, 5) is 15.9. The van der Waals surface area contributed by atoms with Gasteiger partial charge in [0.15, 0.2) is 0 Å². The first kappa shape index (κ1) is 29.4. The Morgan fingerprint density at radius 1 is 1.02 bits per heavy atom. The Kier molecular flexibility index (Phi) is 8.84. The number of amides is 1. The molecule has 1 aromatic heterocycles. The van der Waals surface area contributed by atoms with Crippen LogP contribution in [0.25, 0.3) is 22.0 Å². The zero-order valence-electron chi connectivity index (χ0n) is 22.9. The number of fused-ring (bicyclic) bond motifs is 1. The number of anilines is 1. The van der Waals surface area contributed by atoms with Crippen LogP contribution in [0.1, 0.15) is 27.2 Å². The van der Waals surface area contributed by atoms with Crippen LogP contribution in [0, 0.1) is 0 Å². The van der Waals surface area contributed by atoms with E-state index in [1.807, 2.05) is 24.3 Å². The lowest BCUT2D eigenvalue weighted by Crippen LogP contribution is -2.33. The fourth-order valence-corrected chi connectivity index (χ4v) is 4.64. The zero-order valence-corrected chi connectivity index (χ0v) is 23.7. The van der Waals surface area contributed by atoms with Gasteiger partial charge in [-0.05, 0) is 57.5 Å². The standard InChI is InChI=1S/C29H31N5O6S/c1-29(2,3)40-28(35)31-15-8-16-39-25-12-7-6-11-22(25)23-14-13-19(18-32-23)33-34-24-17-26(41(36,37)38)20-9-4-5-10-21(20)27(24)30/h4-7,9-14,17-18H,8,15-16,30H2,1-3H3,(H,31,35)(H,36,37,38). The number of para-hydroxylation sites is 1. The van der Waals surface area contributed by atoms with Gasteiger partial charge in [0.1, 0.15) is 27.6 Å². The molecule has 4 N–H and O–H groups in total. The molecule has 0 fully saturated rings. The summed E-state index contributed by atoms with van der Waals surface area (Å²) in [6.45, 7) is 6.19. The van der Waals surface area contributed by atoms with Crippen molar-refractivity contribution in [2.75, 3.05) is 18.9 Å². The fourth-order valence-electron chi connectivity index (χ4n) is 3.93. The predicted molar refractivity (Wildman–Crippen MR) is 156 cm³/mol. The molecule has 3 aromatic carbocycles. The molecule has 0 aliphatic heterocycles. The highest BCUT2D eigenvalue weighted by Gasteiger charge is 2.19. The molecular weight excluding hydrogens is 546 g/mol. The summed E-state index contributed by atoms with van der Waals surface area (Å²) in [6, 6.07) is 18.7. The van der Waals surface area contributed by atoms with Crippen molar-refractivity contribution in [3.63, 3.8) is 0 Å². The molecule has 0 aliphatic rings. The quantitative estimate of drug-likeness (QED) is 0.0884. The monoisotopic (exact) mass is 577 g/mol. The molecule has 1 amide bonds. The average molecular weight is 578 g/mol. The van der Waals surface area contributed by atoms with Gasteiger partial charge in [0.05, 0.1) is 24.2 Å². The van der Waals surface area contributed by atoms with Gasteiger partial charge in [0.2, 0.25) is 0 Å². The molecule has 0 saturated heterocycles. The summed E-state index contributed by atoms with van der Waals surface area (Å²) >= 11 is 0. The van der Waals surface area contributed by atoms with Gasteiger partial charge < -0.3 is 20.5 Å². The highest BCUT2D eigenvalue weighted by molar-refractivity contribution is 7.86. The Labute approximate surface area is 238 Å². The largest absolute Gasteiger partial charge is 0.493 e. The summed E-state index contributed by atoms with van der Waals surface area (Å²) < 4.78 is 44.8. The average Bonchev–Trinajstić information content (AvgIpc) is 2.91. The molecule has 4 rings (SSSR count). The van der Waals surface area contributed by atoms with E-state index < -0.39 is 21.8 Å². The molecule has 11 nitrogen and oxygen atoms in total. The van der Waals surface area contributed by atoms with E-state index in [1.165, 1.54) is 12.3 Å². The van der Waals surface area contributed by atoms with Gasteiger partial charge in [-0.15, -0.1) is 10.2 Å². The van der Waals surface area contributed by atoms with Crippen LogP contribution in [0.4, 0.5) is 21.9 Å². The molecule has 0 spiro atoms. The van der Waals surface area contributed by atoms with Crippen LogP contribution in [-0.4, -0.2) is 42.8 Å². The predicted octanol–water partition coefficient (Wildman–Crippen LogP) is 6.44. The number of nitrogens with zero attached hydrogens (tertiary/aromatic N) is 3. The lowest BCUT2D eigenvalue weighted by Gasteiger charge is -2.19. The van der Waals surface area contributed by atoms with Crippen LogP contribution in [0.5, 0.6) is 5.75 Å². The lowest BCUT2D eigenvalue weighted by atomic mass is 10.1. The number of azo groups is 1. The van der Waals surface area contributed by atoms with Crippen LogP contribution in [0.3, 0.4) is 0 Å². The van der Waals surface area contributed by atoms with Gasteiger partial charge in [0.25, 0.3) is 10.1 Å². The number of alkyl carbamates (subject to hydrolysis) is 1. The zero-order chi connectivity index (χ0) is 29.6. The first-order valence-electron chi connectivity index (χ1n) is 12.8. The van der Waals surface area contributed by atoms with Crippen molar-refractivity contribution < 1.29 is 27.2 Å². The highest BCUT2D eigenvalue weighted by Crippen LogP contribution is 2.37. The van der Waals surface area contributed by atoms with E-state index in [4.69, 9.17) is 15.2 Å². The summed E-state index contributed by atoms with van der Waals surface area (Å²) in [5.74, 6) is 0.633. The third-order valence-corrected chi connectivity index (χ3v) is 6.63. The molecule has 1 heterocycles. The number of ether oxygens (including phenoxy) is 2. The number of rotatable bonds is 9. The third-order valence-electron chi connectivity index (χ3n) is 5.74. The van der Waals surface area contributed by atoms with Crippen molar-refractivity contribution in [3.8, 4) is 17.0 Å². The second-order valence-electron chi connectivity index (χ2n) is 10.1. The first-order valence-corrected chi connectivity index (χ1v) is 14.2. The summed E-state index contributed by atoms with van der Waals surface area (Å²) in [5.41, 5.74) is 7.81. The molecular formula is C29H31N5O6S. The van der Waals surface area contributed by atoms with E-state index in [9.17, 15) is 17.8 Å². The van der Waals surface area contributed by atoms with Gasteiger partial charge in [0, 0.05) is 22.9 Å². The van der Waals surface area contributed by atoms with E-state index in [1.54, 1.807) is 57.2 Å². The molecule has 0 aliphatic carbocycles. The van der Waals surface area contributed by atoms with Crippen LogP contribution < -0.4 is 15.8 Å². The minimum atomic E-state index is -4.52. The Balaban J connectivity index is 1.45. The topological polar surface area (TPSA) is 166 Å². The molecule has 0 atom stereocenters. The van der Waals surface area contributed by atoms with Crippen molar-refractivity contribution >= 4 is 44.0 Å². The minimum absolute atomic E-state index is 0.0975. The van der Waals surface area contributed by atoms with Crippen molar-refractivity contribution in [2.45, 2.75) is 37.7 Å². The van der Waals surface area contributed by atoms with E-state index in [0.29, 0.717) is 42.1 Å². The van der Waals surface area contributed by atoms with Crippen molar-refractivity contribution in [1.29, 1.82) is 0 Å². The minimum Gasteiger partial charge on any atom is -0.493 e. The number of nitrogen functional groups attached to an aromatic ring is 1. The van der Waals surface area contributed by atoms with Gasteiger partial charge in [-0.1, -0.05) is 36.4 Å².